The Morgan fingerprint density at radius 3 is 2.68 bits per heavy atom. The second kappa shape index (κ2) is 8.97. The molecule has 1 N–H and O–H groups in total. The minimum absolute atomic E-state index is 0.0537. The van der Waals surface area contributed by atoms with Crippen LogP contribution in [0.2, 0.25) is 5.02 Å². The van der Waals surface area contributed by atoms with E-state index in [4.69, 9.17) is 11.6 Å². The first-order valence-corrected chi connectivity index (χ1v) is 9.43. The summed E-state index contributed by atoms with van der Waals surface area (Å²) in [7, 11) is 0. The average molecular weight is 380 g/mol. The predicted molar refractivity (Wildman–Crippen MR) is 102 cm³/mol. The van der Waals surface area contributed by atoms with Gasteiger partial charge in [-0.1, -0.05) is 29.8 Å². The zero-order valence-corrected chi connectivity index (χ0v) is 16.2. The third-order valence-electron chi connectivity index (χ3n) is 3.51. The molecule has 1 aromatic heterocycles. The van der Waals surface area contributed by atoms with E-state index in [-0.39, 0.29) is 30.8 Å². The summed E-state index contributed by atoms with van der Waals surface area (Å²) in [5.74, 6) is -0.266. The number of hydrogen-bond donors (Lipinski definition) is 1. The lowest BCUT2D eigenvalue weighted by atomic mass is 10.2. The molecule has 0 fully saturated rings. The first kappa shape index (κ1) is 19.4. The lowest BCUT2D eigenvalue weighted by molar-refractivity contribution is -0.135. The van der Waals surface area contributed by atoms with Gasteiger partial charge in [0.15, 0.2) is 0 Å². The van der Waals surface area contributed by atoms with Gasteiger partial charge in [0.1, 0.15) is 5.01 Å². The van der Waals surface area contributed by atoms with Crippen molar-refractivity contribution in [1.29, 1.82) is 0 Å². The molecule has 0 aliphatic heterocycles. The van der Waals surface area contributed by atoms with Crippen molar-refractivity contribution in [3.63, 3.8) is 0 Å². The zero-order valence-electron chi connectivity index (χ0n) is 14.6. The molecule has 7 heteroatoms. The molecule has 25 heavy (non-hydrogen) atoms. The van der Waals surface area contributed by atoms with Gasteiger partial charge in [-0.2, -0.15) is 0 Å². The Morgan fingerprint density at radius 2 is 2.04 bits per heavy atom. The molecule has 0 spiro atoms. The smallest absolute Gasteiger partial charge is 0.239 e. The number of nitrogens with zero attached hydrogens (tertiary/aromatic N) is 2. The number of rotatable bonds is 7. The molecule has 134 valence electrons. The molecular weight excluding hydrogens is 358 g/mol. The predicted octanol–water partition coefficient (Wildman–Crippen LogP) is 3.38. The number of amides is 2. The fourth-order valence-electron chi connectivity index (χ4n) is 2.33. The molecule has 0 unspecified atom stereocenters. The van der Waals surface area contributed by atoms with Gasteiger partial charge in [0, 0.05) is 23.5 Å². The average Bonchev–Trinajstić information content (AvgIpc) is 3.00. The van der Waals surface area contributed by atoms with Crippen LogP contribution in [0.25, 0.3) is 10.6 Å². The summed E-state index contributed by atoms with van der Waals surface area (Å²) < 4.78 is 0. The molecule has 0 bridgehead atoms. The Balaban J connectivity index is 2.02. The maximum Gasteiger partial charge on any atom is 0.239 e. The maximum atomic E-state index is 12.5. The molecule has 0 aliphatic rings. The summed E-state index contributed by atoms with van der Waals surface area (Å²) in [6, 6.07) is 7.54. The fourth-order valence-corrected chi connectivity index (χ4v) is 3.47. The van der Waals surface area contributed by atoms with E-state index < -0.39 is 0 Å². The van der Waals surface area contributed by atoms with E-state index >= 15 is 0 Å². The first-order valence-electron chi connectivity index (χ1n) is 8.17. The normalized spacial score (nSPS) is 10.8. The van der Waals surface area contributed by atoms with Crippen LogP contribution < -0.4 is 5.32 Å². The van der Waals surface area contributed by atoms with Gasteiger partial charge in [0.2, 0.25) is 11.8 Å². The van der Waals surface area contributed by atoms with Gasteiger partial charge >= 0.3 is 0 Å². The van der Waals surface area contributed by atoms with Gasteiger partial charge in [-0.15, -0.1) is 11.3 Å². The van der Waals surface area contributed by atoms with E-state index in [1.807, 2.05) is 50.4 Å². The highest BCUT2D eigenvalue weighted by Crippen LogP contribution is 2.30. The Kier molecular flexibility index (Phi) is 6.96. The molecule has 0 aliphatic carbocycles. The van der Waals surface area contributed by atoms with E-state index in [0.29, 0.717) is 17.3 Å². The van der Waals surface area contributed by atoms with Crippen molar-refractivity contribution in [2.75, 3.05) is 13.1 Å². The Morgan fingerprint density at radius 1 is 1.32 bits per heavy atom. The number of halogens is 1. The van der Waals surface area contributed by atoms with Crippen molar-refractivity contribution in [3.8, 4) is 10.6 Å². The van der Waals surface area contributed by atoms with Crippen LogP contribution in [0.1, 0.15) is 26.5 Å². The standard InChI is InChI=1S/C18H22ClN3O2S/c1-4-22(10-16(23)20-12(2)3)17(24)9-13-11-25-18(21-13)14-7-5-6-8-15(14)19/h5-8,11-12H,4,9-10H2,1-3H3,(H,20,23). The number of aromatic nitrogens is 1. The molecule has 0 radical (unpaired) electrons. The van der Waals surface area contributed by atoms with Crippen molar-refractivity contribution in [1.82, 2.24) is 15.2 Å². The van der Waals surface area contributed by atoms with Crippen molar-refractivity contribution in [2.24, 2.45) is 0 Å². The van der Waals surface area contributed by atoms with Crippen LogP contribution in [0.4, 0.5) is 0 Å². The lowest BCUT2D eigenvalue weighted by Gasteiger charge is -2.20. The van der Waals surface area contributed by atoms with Crippen LogP contribution in [-0.2, 0) is 16.0 Å². The molecule has 2 aromatic rings. The van der Waals surface area contributed by atoms with Crippen molar-refractivity contribution >= 4 is 34.8 Å². The topological polar surface area (TPSA) is 62.3 Å². The highest BCUT2D eigenvalue weighted by molar-refractivity contribution is 7.13. The Bertz CT molecular complexity index is 745. The molecule has 2 rings (SSSR count). The van der Waals surface area contributed by atoms with Crippen molar-refractivity contribution in [2.45, 2.75) is 33.2 Å². The third-order valence-corrected chi connectivity index (χ3v) is 4.76. The van der Waals surface area contributed by atoms with Gasteiger partial charge in [-0.3, -0.25) is 9.59 Å². The van der Waals surface area contributed by atoms with Crippen LogP contribution in [-0.4, -0.2) is 40.8 Å². The first-order chi connectivity index (χ1) is 11.9. The van der Waals surface area contributed by atoms with Gasteiger partial charge in [-0.05, 0) is 26.8 Å². The summed E-state index contributed by atoms with van der Waals surface area (Å²) in [6.45, 7) is 6.18. The van der Waals surface area contributed by atoms with Crippen LogP contribution in [0.15, 0.2) is 29.6 Å². The molecule has 0 atom stereocenters. The fraction of sp³-hybridized carbons (Fsp3) is 0.389. The number of nitrogens with one attached hydrogen (secondary N) is 1. The number of carbonyl (C=O) groups excluding carboxylic acids is 2. The van der Waals surface area contributed by atoms with Crippen LogP contribution in [0.3, 0.4) is 0 Å². The van der Waals surface area contributed by atoms with E-state index in [1.54, 1.807) is 0 Å². The SMILES string of the molecule is CCN(CC(=O)NC(C)C)C(=O)Cc1csc(-c2ccccc2Cl)n1. The highest BCUT2D eigenvalue weighted by atomic mass is 35.5. The van der Waals surface area contributed by atoms with E-state index in [9.17, 15) is 9.59 Å². The molecule has 0 saturated heterocycles. The Hall–Kier alpha value is -1.92. The van der Waals surface area contributed by atoms with Crippen LogP contribution in [0, 0.1) is 0 Å². The number of likely N-dealkylation sites (N-methyl/N-ethyl adjacent to an activating group) is 1. The second-order valence-electron chi connectivity index (χ2n) is 5.93. The molecule has 5 nitrogen and oxygen atoms in total. The van der Waals surface area contributed by atoms with E-state index in [1.165, 1.54) is 16.2 Å². The minimum atomic E-state index is -0.153. The van der Waals surface area contributed by atoms with Gasteiger partial charge < -0.3 is 10.2 Å². The second-order valence-corrected chi connectivity index (χ2v) is 7.20. The highest BCUT2D eigenvalue weighted by Gasteiger charge is 2.18. The summed E-state index contributed by atoms with van der Waals surface area (Å²) in [5.41, 5.74) is 1.55. The van der Waals surface area contributed by atoms with Gasteiger partial charge in [-0.25, -0.2) is 4.98 Å². The minimum Gasteiger partial charge on any atom is -0.352 e. The molecule has 2 amide bonds. The Labute approximate surface area is 157 Å². The monoisotopic (exact) mass is 379 g/mol. The lowest BCUT2D eigenvalue weighted by Crippen LogP contribution is -2.43. The number of hydrogen-bond acceptors (Lipinski definition) is 4. The van der Waals surface area contributed by atoms with Crippen LogP contribution in [0.5, 0.6) is 0 Å². The number of carbonyl (C=O) groups is 2. The third kappa shape index (κ3) is 5.54. The van der Waals surface area contributed by atoms with E-state index in [2.05, 4.69) is 10.3 Å². The quantitative estimate of drug-likeness (QED) is 0.802. The van der Waals surface area contributed by atoms with Crippen LogP contribution >= 0.6 is 22.9 Å². The zero-order chi connectivity index (χ0) is 18.4. The van der Waals surface area contributed by atoms with Gasteiger partial charge in [0.05, 0.1) is 23.7 Å². The van der Waals surface area contributed by atoms with Crippen molar-refractivity contribution < 1.29 is 9.59 Å². The maximum absolute atomic E-state index is 12.5. The molecular formula is C18H22ClN3O2S. The van der Waals surface area contributed by atoms with E-state index in [0.717, 1.165) is 10.6 Å². The number of thiazole rings is 1. The molecule has 1 heterocycles. The summed E-state index contributed by atoms with van der Waals surface area (Å²) in [5, 5.41) is 6.08. The van der Waals surface area contributed by atoms with Crippen molar-refractivity contribution in [3.05, 3.63) is 40.4 Å². The van der Waals surface area contributed by atoms with Gasteiger partial charge in [0.25, 0.3) is 0 Å². The molecule has 1 aromatic carbocycles. The largest absolute Gasteiger partial charge is 0.352 e. The molecule has 0 saturated carbocycles. The summed E-state index contributed by atoms with van der Waals surface area (Å²) >= 11 is 7.65. The summed E-state index contributed by atoms with van der Waals surface area (Å²) in [4.78, 5) is 30.4. The number of benzene rings is 1. The summed E-state index contributed by atoms with van der Waals surface area (Å²) in [6.07, 6.45) is 0.170.